The van der Waals surface area contributed by atoms with Crippen LogP contribution < -0.4 is 0 Å². The Kier molecular flexibility index (Phi) is 5.83. The lowest BCUT2D eigenvalue weighted by atomic mass is 9.96. The van der Waals surface area contributed by atoms with Crippen LogP contribution in [-0.4, -0.2) is 9.97 Å². The fraction of sp³-hybridized carbons (Fsp3) is 0.615. The van der Waals surface area contributed by atoms with Crippen molar-refractivity contribution >= 4 is 6.08 Å². The summed E-state index contributed by atoms with van der Waals surface area (Å²) in [5.74, 6) is 0.734. The number of nitrogens with zero attached hydrogens (tertiary/aromatic N) is 1. The smallest absolute Gasteiger partial charge is 0.0924 e. The van der Waals surface area contributed by atoms with Gasteiger partial charge in [0, 0.05) is 0 Å². The molecule has 1 unspecified atom stereocenters. The van der Waals surface area contributed by atoms with Crippen LogP contribution >= 0.6 is 0 Å². The molecule has 1 aromatic rings. The summed E-state index contributed by atoms with van der Waals surface area (Å²) < 4.78 is 0. The van der Waals surface area contributed by atoms with Gasteiger partial charge >= 0.3 is 0 Å². The predicted octanol–water partition coefficient (Wildman–Crippen LogP) is 4.03. The lowest BCUT2D eigenvalue weighted by molar-refractivity contribution is 0.513. The molecule has 0 aromatic carbocycles. The summed E-state index contributed by atoms with van der Waals surface area (Å²) in [7, 11) is 0. The number of imidazole rings is 1. The highest BCUT2D eigenvalue weighted by atomic mass is 14.8. The summed E-state index contributed by atoms with van der Waals surface area (Å²) in [6.45, 7) is 4.50. The van der Waals surface area contributed by atoms with E-state index in [0.717, 1.165) is 11.6 Å². The van der Waals surface area contributed by atoms with Crippen molar-refractivity contribution in [1.29, 1.82) is 0 Å². The second kappa shape index (κ2) is 7.27. The quantitative estimate of drug-likeness (QED) is 0.717. The summed E-state index contributed by atoms with van der Waals surface area (Å²) in [5, 5.41) is 0. The van der Waals surface area contributed by atoms with E-state index in [-0.39, 0.29) is 0 Å². The van der Waals surface area contributed by atoms with Crippen molar-refractivity contribution < 1.29 is 0 Å². The van der Waals surface area contributed by atoms with Gasteiger partial charge in [0.05, 0.1) is 18.2 Å². The van der Waals surface area contributed by atoms with Crippen molar-refractivity contribution in [1.82, 2.24) is 9.97 Å². The predicted molar refractivity (Wildman–Crippen MR) is 65.5 cm³/mol. The Morgan fingerprint density at radius 3 is 2.80 bits per heavy atom. The van der Waals surface area contributed by atoms with Gasteiger partial charge < -0.3 is 4.98 Å². The Morgan fingerprint density at radius 1 is 1.33 bits per heavy atom. The van der Waals surface area contributed by atoms with Gasteiger partial charge in [0.2, 0.25) is 0 Å². The standard InChI is InChI=1S/C13H22N2/c1-3-5-7-12(6-4-2)8-9-13-10-14-11-15-13/h8-12H,3-7H2,1-2H3,(H,14,15)/b9-8+. The summed E-state index contributed by atoms with van der Waals surface area (Å²) in [6, 6.07) is 0. The van der Waals surface area contributed by atoms with Crippen LogP contribution in [0.15, 0.2) is 18.6 Å². The largest absolute Gasteiger partial charge is 0.345 e. The van der Waals surface area contributed by atoms with E-state index in [0.29, 0.717) is 0 Å². The number of allylic oxidation sites excluding steroid dienone is 1. The highest BCUT2D eigenvalue weighted by Crippen LogP contribution is 2.17. The van der Waals surface area contributed by atoms with E-state index in [1.165, 1.54) is 32.1 Å². The van der Waals surface area contributed by atoms with Gasteiger partial charge in [0.15, 0.2) is 0 Å². The van der Waals surface area contributed by atoms with E-state index in [4.69, 9.17) is 0 Å². The SMILES string of the molecule is CCCCC(/C=C/c1cnc[nH]1)CCC. The van der Waals surface area contributed by atoms with Crippen LogP contribution in [0.3, 0.4) is 0 Å². The Balaban J connectivity index is 2.42. The third-order valence-corrected chi connectivity index (χ3v) is 2.66. The molecule has 1 heterocycles. The van der Waals surface area contributed by atoms with E-state index in [2.05, 4.69) is 36.0 Å². The third-order valence-electron chi connectivity index (χ3n) is 2.66. The van der Waals surface area contributed by atoms with Crippen molar-refractivity contribution in [2.24, 2.45) is 5.92 Å². The maximum atomic E-state index is 4.00. The molecule has 0 spiro atoms. The first-order valence-electron chi connectivity index (χ1n) is 6.03. The number of H-pyrrole nitrogens is 1. The number of hydrogen-bond donors (Lipinski definition) is 1. The van der Waals surface area contributed by atoms with Crippen LogP contribution in [0.1, 0.15) is 51.6 Å². The van der Waals surface area contributed by atoms with Crippen molar-refractivity contribution in [3.8, 4) is 0 Å². The zero-order valence-electron chi connectivity index (χ0n) is 9.87. The fourth-order valence-corrected chi connectivity index (χ4v) is 1.77. The topological polar surface area (TPSA) is 28.7 Å². The van der Waals surface area contributed by atoms with Crippen molar-refractivity contribution in [3.63, 3.8) is 0 Å². The molecular formula is C13H22N2. The molecule has 0 aliphatic carbocycles. The zero-order chi connectivity index (χ0) is 10.9. The molecular weight excluding hydrogens is 184 g/mol. The number of aromatic amines is 1. The minimum Gasteiger partial charge on any atom is -0.345 e. The number of hydrogen-bond acceptors (Lipinski definition) is 1. The van der Waals surface area contributed by atoms with Crippen LogP contribution in [-0.2, 0) is 0 Å². The number of rotatable bonds is 7. The van der Waals surface area contributed by atoms with Crippen LogP contribution in [0, 0.1) is 5.92 Å². The third kappa shape index (κ3) is 4.82. The molecule has 84 valence electrons. The molecule has 0 saturated heterocycles. The van der Waals surface area contributed by atoms with Gasteiger partial charge in [0.1, 0.15) is 0 Å². The number of nitrogens with one attached hydrogen (secondary N) is 1. The highest BCUT2D eigenvalue weighted by molar-refractivity contribution is 5.43. The lowest BCUT2D eigenvalue weighted by Gasteiger charge is -2.09. The van der Waals surface area contributed by atoms with Crippen molar-refractivity contribution in [2.45, 2.75) is 46.0 Å². The summed E-state index contributed by atoms with van der Waals surface area (Å²) in [5.41, 5.74) is 1.10. The summed E-state index contributed by atoms with van der Waals surface area (Å²) in [6.07, 6.45) is 14.6. The number of aromatic nitrogens is 2. The van der Waals surface area contributed by atoms with Gasteiger partial charge in [-0.25, -0.2) is 4.98 Å². The van der Waals surface area contributed by atoms with E-state index in [9.17, 15) is 0 Å². The molecule has 1 N–H and O–H groups in total. The van der Waals surface area contributed by atoms with Crippen LogP contribution in [0.2, 0.25) is 0 Å². The molecule has 2 heteroatoms. The van der Waals surface area contributed by atoms with E-state index >= 15 is 0 Å². The monoisotopic (exact) mass is 206 g/mol. The first-order chi connectivity index (χ1) is 7.36. The summed E-state index contributed by atoms with van der Waals surface area (Å²) in [4.78, 5) is 7.09. The molecule has 0 radical (unpaired) electrons. The molecule has 0 fully saturated rings. The molecule has 0 aliphatic rings. The molecule has 0 bridgehead atoms. The second-order valence-corrected chi connectivity index (χ2v) is 4.06. The van der Waals surface area contributed by atoms with Crippen LogP contribution in [0.5, 0.6) is 0 Å². The molecule has 2 nitrogen and oxygen atoms in total. The second-order valence-electron chi connectivity index (χ2n) is 4.06. The highest BCUT2D eigenvalue weighted by Gasteiger charge is 2.02. The lowest BCUT2D eigenvalue weighted by Crippen LogP contribution is -1.95. The van der Waals surface area contributed by atoms with Crippen LogP contribution in [0.25, 0.3) is 6.08 Å². The Bertz CT molecular complexity index is 262. The molecule has 1 rings (SSSR count). The first-order valence-corrected chi connectivity index (χ1v) is 6.03. The minimum absolute atomic E-state index is 0.734. The molecule has 0 saturated carbocycles. The van der Waals surface area contributed by atoms with Gasteiger partial charge in [-0.2, -0.15) is 0 Å². The van der Waals surface area contributed by atoms with Gasteiger partial charge in [0.25, 0.3) is 0 Å². The van der Waals surface area contributed by atoms with Crippen molar-refractivity contribution in [3.05, 3.63) is 24.3 Å². The van der Waals surface area contributed by atoms with E-state index in [1.54, 1.807) is 6.33 Å². The Hall–Kier alpha value is -1.05. The van der Waals surface area contributed by atoms with E-state index < -0.39 is 0 Å². The van der Waals surface area contributed by atoms with Gasteiger partial charge in [-0.3, -0.25) is 0 Å². The zero-order valence-corrected chi connectivity index (χ0v) is 9.87. The summed E-state index contributed by atoms with van der Waals surface area (Å²) >= 11 is 0. The maximum absolute atomic E-state index is 4.00. The normalized spacial score (nSPS) is 13.5. The Labute approximate surface area is 92.8 Å². The number of unbranched alkanes of at least 4 members (excludes halogenated alkanes) is 1. The molecule has 1 atom stereocenters. The minimum atomic E-state index is 0.734. The average Bonchev–Trinajstić information content (AvgIpc) is 2.75. The van der Waals surface area contributed by atoms with E-state index in [1.807, 2.05) is 6.20 Å². The fourth-order valence-electron chi connectivity index (χ4n) is 1.77. The average molecular weight is 206 g/mol. The Morgan fingerprint density at radius 2 is 2.20 bits per heavy atom. The van der Waals surface area contributed by atoms with Gasteiger partial charge in [-0.05, 0) is 24.8 Å². The molecule has 15 heavy (non-hydrogen) atoms. The molecule has 1 aromatic heterocycles. The van der Waals surface area contributed by atoms with Gasteiger partial charge in [-0.15, -0.1) is 0 Å². The maximum Gasteiger partial charge on any atom is 0.0924 e. The molecule has 0 aliphatic heterocycles. The van der Waals surface area contributed by atoms with Gasteiger partial charge in [-0.1, -0.05) is 39.2 Å². The van der Waals surface area contributed by atoms with Crippen LogP contribution in [0.4, 0.5) is 0 Å². The van der Waals surface area contributed by atoms with Crippen molar-refractivity contribution in [2.75, 3.05) is 0 Å². The first kappa shape index (κ1) is 12.0. The molecule has 0 amide bonds.